The highest BCUT2D eigenvalue weighted by Crippen LogP contribution is 2.39. The number of benzene rings is 1. The number of likely N-dealkylation sites (tertiary alicyclic amines) is 1. The van der Waals surface area contributed by atoms with Crippen LogP contribution in [0.15, 0.2) is 12.1 Å². The van der Waals surface area contributed by atoms with Gasteiger partial charge in [0.1, 0.15) is 0 Å². The first-order chi connectivity index (χ1) is 11.8. The van der Waals surface area contributed by atoms with Crippen LogP contribution in [0, 0.1) is 0 Å². The lowest BCUT2D eigenvalue weighted by molar-refractivity contribution is -0.138. The molecule has 2 atom stereocenters. The van der Waals surface area contributed by atoms with Crippen molar-refractivity contribution < 1.29 is 18.0 Å². The normalized spacial score (nSPS) is 24.2. The Hall–Kier alpha value is -1.56. The molecule has 25 heavy (non-hydrogen) atoms. The second-order valence-corrected chi connectivity index (χ2v) is 7.20. The van der Waals surface area contributed by atoms with E-state index in [9.17, 15) is 18.0 Å². The van der Waals surface area contributed by atoms with Crippen molar-refractivity contribution >= 4 is 5.91 Å². The molecule has 0 bridgehead atoms. The van der Waals surface area contributed by atoms with Crippen LogP contribution < -0.4 is 0 Å². The first kappa shape index (κ1) is 18.2. The van der Waals surface area contributed by atoms with Gasteiger partial charge in [0.05, 0.1) is 5.56 Å². The van der Waals surface area contributed by atoms with E-state index in [0.717, 1.165) is 25.7 Å². The number of carbonyl (C=O) groups is 1. The number of rotatable bonds is 4. The molecule has 3 rings (SSSR count). The second kappa shape index (κ2) is 6.63. The lowest BCUT2D eigenvalue weighted by Gasteiger charge is -2.29. The van der Waals surface area contributed by atoms with Crippen molar-refractivity contribution in [3.8, 4) is 0 Å². The number of carbonyl (C=O) groups excluding carboxylic acids is 1. The summed E-state index contributed by atoms with van der Waals surface area (Å²) >= 11 is 0. The average molecular weight is 354 g/mol. The highest BCUT2D eigenvalue weighted by atomic mass is 19.4. The fourth-order valence-electron chi connectivity index (χ4n) is 4.31. The molecule has 1 aromatic carbocycles. The van der Waals surface area contributed by atoms with E-state index in [2.05, 4.69) is 18.7 Å². The third-order valence-electron chi connectivity index (χ3n) is 5.67. The van der Waals surface area contributed by atoms with Gasteiger partial charge >= 0.3 is 6.18 Å². The van der Waals surface area contributed by atoms with E-state index in [0.29, 0.717) is 24.2 Å². The Kier molecular flexibility index (Phi) is 4.84. The summed E-state index contributed by atoms with van der Waals surface area (Å²) in [6.45, 7) is 4.75. The molecule has 138 valence electrons. The van der Waals surface area contributed by atoms with Gasteiger partial charge in [-0.15, -0.1) is 0 Å². The molecule has 2 aliphatic heterocycles. The van der Waals surface area contributed by atoms with Crippen LogP contribution in [0.5, 0.6) is 0 Å². The molecule has 1 aromatic rings. The van der Waals surface area contributed by atoms with Crippen LogP contribution in [-0.2, 0) is 19.3 Å². The zero-order chi connectivity index (χ0) is 18.4. The number of halogens is 3. The maximum Gasteiger partial charge on any atom is 0.416 e. The number of amides is 1. The molecule has 6 heteroatoms. The summed E-state index contributed by atoms with van der Waals surface area (Å²) in [6, 6.07) is 3.74. The summed E-state index contributed by atoms with van der Waals surface area (Å²) in [5, 5.41) is 0. The minimum atomic E-state index is -4.44. The van der Waals surface area contributed by atoms with Gasteiger partial charge in [-0.05, 0) is 48.9 Å². The molecular weight excluding hydrogens is 329 g/mol. The Labute approximate surface area is 146 Å². The van der Waals surface area contributed by atoms with Gasteiger partial charge in [0.2, 0.25) is 0 Å². The van der Waals surface area contributed by atoms with Gasteiger partial charge in [-0.2, -0.15) is 13.2 Å². The van der Waals surface area contributed by atoms with Gasteiger partial charge in [-0.1, -0.05) is 13.8 Å². The first-order valence-electron chi connectivity index (χ1n) is 9.00. The molecule has 0 aromatic heterocycles. The van der Waals surface area contributed by atoms with Gasteiger partial charge in [0.25, 0.3) is 5.91 Å². The van der Waals surface area contributed by atoms with E-state index in [4.69, 9.17) is 0 Å². The summed E-state index contributed by atoms with van der Waals surface area (Å²) < 4.78 is 40.6. The molecule has 2 aliphatic rings. The molecular formula is C19H25F3N2O. The van der Waals surface area contributed by atoms with Crippen LogP contribution in [0.3, 0.4) is 0 Å². The topological polar surface area (TPSA) is 23.6 Å². The van der Waals surface area contributed by atoms with Crippen molar-refractivity contribution in [1.29, 1.82) is 0 Å². The van der Waals surface area contributed by atoms with Crippen molar-refractivity contribution in [3.63, 3.8) is 0 Å². The minimum absolute atomic E-state index is 0.0299. The largest absolute Gasteiger partial charge is 0.416 e. The highest BCUT2D eigenvalue weighted by Gasteiger charge is 2.40. The zero-order valence-electron chi connectivity index (χ0n) is 15.0. The molecule has 2 unspecified atom stereocenters. The average Bonchev–Trinajstić information content (AvgIpc) is 3.07. The van der Waals surface area contributed by atoms with Crippen molar-refractivity contribution in [2.75, 3.05) is 7.05 Å². The fourth-order valence-corrected chi connectivity index (χ4v) is 4.31. The SMILES string of the molecule is CCC1CCC(CC)N1Cc1cc2c(c(C(F)(F)F)c1)CN(C)C2=O. The number of nitrogens with zero attached hydrogens (tertiary/aromatic N) is 2. The molecule has 0 radical (unpaired) electrons. The molecule has 1 saturated heterocycles. The van der Waals surface area contributed by atoms with E-state index >= 15 is 0 Å². The second-order valence-electron chi connectivity index (χ2n) is 7.20. The Balaban J connectivity index is 1.99. The lowest BCUT2D eigenvalue weighted by Crippen LogP contribution is -2.35. The summed E-state index contributed by atoms with van der Waals surface area (Å²) in [7, 11) is 1.54. The predicted octanol–water partition coefficient (Wildman–Crippen LogP) is 4.44. The standard InChI is InChI=1S/C19H25F3N2O/c1-4-13-6-7-14(5-2)24(13)10-12-8-15-16(11-23(3)18(15)25)17(9-12)19(20,21)22/h8-9,13-14H,4-7,10-11H2,1-3H3. The maximum atomic E-state index is 13.5. The molecule has 0 aliphatic carbocycles. The van der Waals surface area contributed by atoms with Crippen molar-refractivity contribution in [1.82, 2.24) is 9.80 Å². The highest BCUT2D eigenvalue weighted by molar-refractivity contribution is 5.98. The van der Waals surface area contributed by atoms with Crippen molar-refractivity contribution in [2.24, 2.45) is 0 Å². The van der Waals surface area contributed by atoms with Gasteiger partial charge in [0, 0.05) is 37.8 Å². The summed E-state index contributed by atoms with van der Waals surface area (Å²) in [6.07, 6.45) is -0.267. The summed E-state index contributed by atoms with van der Waals surface area (Å²) in [5.41, 5.74) is 0.267. The minimum Gasteiger partial charge on any atom is -0.337 e. The van der Waals surface area contributed by atoms with E-state index < -0.39 is 11.7 Å². The third-order valence-corrected chi connectivity index (χ3v) is 5.67. The van der Waals surface area contributed by atoms with E-state index in [1.54, 1.807) is 13.1 Å². The zero-order valence-corrected chi connectivity index (χ0v) is 15.0. The van der Waals surface area contributed by atoms with Crippen LogP contribution >= 0.6 is 0 Å². The van der Waals surface area contributed by atoms with Crippen LogP contribution in [-0.4, -0.2) is 34.8 Å². The number of hydrogen-bond acceptors (Lipinski definition) is 2. The van der Waals surface area contributed by atoms with Crippen molar-refractivity contribution in [3.05, 3.63) is 34.4 Å². The number of hydrogen-bond donors (Lipinski definition) is 0. The van der Waals surface area contributed by atoms with Gasteiger partial charge in [-0.3, -0.25) is 9.69 Å². The number of fused-ring (bicyclic) bond motifs is 1. The summed E-state index contributed by atoms with van der Waals surface area (Å²) in [5.74, 6) is -0.317. The third kappa shape index (κ3) is 3.28. The smallest absolute Gasteiger partial charge is 0.337 e. The molecule has 2 heterocycles. The Morgan fingerprint density at radius 1 is 1.12 bits per heavy atom. The number of alkyl halides is 3. The maximum absolute atomic E-state index is 13.5. The molecule has 1 amide bonds. The first-order valence-corrected chi connectivity index (χ1v) is 9.00. The fraction of sp³-hybridized carbons (Fsp3) is 0.632. The summed E-state index contributed by atoms with van der Waals surface area (Å²) in [4.78, 5) is 15.9. The van der Waals surface area contributed by atoms with Gasteiger partial charge in [-0.25, -0.2) is 0 Å². The van der Waals surface area contributed by atoms with Gasteiger partial charge in [0.15, 0.2) is 0 Å². The molecule has 0 N–H and O–H groups in total. The molecule has 0 spiro atoms. The lowest BCUT2D eigenvalue weighted by atomic mass is 9.98. The van der Waals surface area contributed by atoms with Crippen LogP contribution in [0.1, 0.15) is 66.6 Å². The van der Waals surface area contributed by atoms with Crippen molar-refractivity contribution in [2.45, 2.75) is 70.9 Å². The van der Waals surface area contributed by atoms with Crippen LogP contribution in [0.25, 0.3) is 0 Å². The van der Waals surface area contributed by atoms with E-state index in [1.807, 2.05) is 0 Å². The Morgan fingerprint density at radius 3 is 2.24 bits per heavy atom. The van der Waals surface area contributed by atoms with E-state index in [1.165, 1.54) is 11.0 Å². The Bertz CT molecular complexity index is 659. The van der Waals surface area contributed by atoms with Crippen LogP contribution in [0.4, 0.5) is 13.2 Å². The molecule has 3 nitrogen and oxygen atoms in total. The predicted molar refractivity (Wildman–Crippen MR) is 90.2 cm³/mol. The monoisotopic (exact) mass is 354 g/mol. The van der Waals surface area contributed by atoms with Gasteiger partial charge < -0.3 is 4.90 Å². The quantitative estimate of drug-likeness (QED) is 0.798. The van der Waals surface area contributed by atoms with E-state index in [-0.39, 0.29) is 23.6 Å². The Morgan fingerprint density at radius 2 is 1.72 bits per heavy atom. The van der Waals surface area contributed by atoms with Crippen LogP contribution in [0.2, 0.25) is 0 Å². The molecule has 1 fully saturated rings. The molecule has 0 saturated carbocycles.